The van der Waals surface area contributed by atoms with E-state index in [9.17, 15) is 13.2 Å². The van der Waals surface area contributed by atoms with Crippen LogP contribution < -0.4 is 5.73 Å². The van der Waals surface area contributed by atoms with Gasteiger partial charge in [-0.15, -0.1) is 0 Å². The van der Waals surface area contributed by atoms with Crippen LogP contribution in [0.2, 0.25) is 0 Å². The van der Waals surface area contributed by atoms with Crippen molar-refractivity contribution in [2.75, 3.05) is 0 Å². The molecule has 0 saturated heterocycles. The van der Waals surface area contributed by atoms with Crippen LogP contribution >= 0.6 is 0 Å². The summed E-state index contributed by atoms with van der Waals surface area (Å²) in [5, 5.41) is 0. The van der Waals surface area contributed by atoms with E-state index in [0.717, 1.165) is 12.8 Å². The van der Waals surface area contributed by atoms with Crippen molar-refractivity contribution in [1.82, 2.24) is 0 Å². The topological polar surface area (TPSA) is 26.0 Å². The first-order valence-electron chi connectivity index (χ1n) is 5.33. The lowest BCUT2D eigenvalue weighted by Gasteiger charge is -2.15. The van der Waals surface area contributed by atoms with Gasteiger partial charge in [-0.25, -0.2) is 0 Å². The van der Waals surface area contributed by atoms with Gasteiger partial charge >= 0.3 is 6.18 Å². The fraction of sp³-hybridized carbons (Fsp3) is 0.500. The number of aryl methyl sites for hydroxylation is 1. The molecule has 1 saturated carbocycles. The number of nitrogens with two attached hydrogens (primary N) is 1. The van der Waals surface area contributed by atoms with E-state index >= 15 is 0 Å². The van der Waals surface area contributed by atoms with Gasteiger partial charge in [0.15, 0.2) is 0 Å². The Kier molecular flexibility index (Phi) is 2.70. The Hall–Kier alpha value is -1.03. The predicted octanol–water partition coefficient (Wildman–Crippen LogP) is 3.42. The van der Waals surface area contributed by atoms with Crippen LogP contribution in [0.4, 0.5) is 13.2 Å². The van der Waals surface area contributed by atoms with Crippen LogP contribution in [0.5, 0.6) is 0 Å². The molecule has 2 rings (SSSR count). The van der Waals surface area contributed by atoms with Gasteiger partial charge < -0.3 is 5.73 Å². The third-order valence-electron chi connectivity index (χ3n) is 3.08. The molecule has 16 heavy (non-hydrogen) atoms. The number of alkyl halides is 3. The van der Waals surface area contributed by atoms with Crippen LogP contribution in [0, 0.1) is 12.8 Å². The average Bonchev–Trinajstić information content (AvgIpc) is 2.98. The molecule has 1 aromatic rings. The number of halogens is 3. The highest BCUT2D eigenvalue weighted by Crippen LogP contribution is 2.41. The van der Waals surface area contributed by atoms with Gasteiger partial charge in [-0.05, 0) is 42.9 Å². The molecular formula is C12H14F3N. The SMILES string of the molecule is Cc1ccc([C@H](N)C2CC2)cc1C(F)(F)F. The van der Waals surface area contributed by atoms with Crippen LogP contribution in [0.15, 0.2) is 18.2 Å². The molecule has 2 N–H and O–H groups in total. The molecule has 1 nitrogen and oxygen atoms in total. The van der Waals surface area contributed by atoms with Gasteiger partial charge in [-0.3, -0.25) is 0 Å². The van der Waals surface area contributed by atoms with E-state index in [0.29, 0.717) is 11.5 Å². The molecule has 0 radical (unpaired) electrons. The van der Waals surface area contributed by atoms with Crippen LogP contribution in [0.1, 0.15) is 35.6 Å². The van der Waals surface area contributed by atoms with Crippen molar-refractivity contribution in [2.24, 2.45) is 11.7 Å². The number of hydrogen-bond acceptors (Lipinski definition) is 1. The molecule has 1 fully saturated rings. The lowest BCUT2D eigenvalue weighted by atomic mass is 9.98. The Bertz CT molecular complexity index is 394. The third-order valence-corrected chi connectivity index (χ3v) is 3.08. The first kappa shape index (κ1) is 11.5. The molecule has 4 heteroatoms. The van der Waals surface area contributed by atoms with Gasteiger partial charge in [0.25, 0.3) is 0 Å². The molecule has 1 aliphatic carbocycles. The van der Waals surface area contributed by atoms with Crippen molar-refractivity contribution in [2.45, 2.75) is 32.0 Å². The second-order valence-corrected chi connectivity index (χ2v) is 4.44. The second-order valence-electron chi connectivity index (χ2n) is 4.44. The fourth-order valence-electron chi connectivity index (χ4n) is 1.88. The number of rotatable bonds is 2. The molecule has 0 aromatic heterocycles. The zero-order chi connectivity index (χ0) is 11.9. The molecule has 1 atom stereocenters. The molecule has 0 amide bonds. The van der Waals surface area contributed by atoms with E-state index in [-0.39, 0.29) is 11.6 Å². The molecule has 1 aliphatic rings. The van der Waals surface area contributed by atoms with Crippen LogP contribution in [0.3, 0.4) is 0 Å². The van der Waals surface area contributed by atoms with Crippen molar-refractivity contribution >= 4 is 0 Å². The van der Waals surface area contributed by atoms with Crippen LogP contribution in [-0.2, 0) is 6.18 Å². The van der Waals surface area contributed by atoms with E-state index < -0.39 is 11.7 Å². The smallest absolute Gasteiger partial charge is 0.324 e. The van der Waals surface area contributed by atoms with E-state index in [1.807, 2.05) is 0 Å². The minimum absolute atomic E-state index is 0.248. The monoisotopic (exact) mass is 229 g/mol. The lowest BCUT2D eigenvalue weighted by Crippen LogP contribution is -2.15. The van der Waals surface area contributed by atoms with Crippen LogP contribution in [0.25, 0.3) is 0 Å². The molecule has 1 aromatic carbocycles. The maximum atomic E-state index is 12.7. The summed E-state index contributed by atoms with van der Waals surface area (Å²) in [5.74, 6) is 0.365. The predicted molar refractivity (Wildman–Crippen MR) is 55.8 cm³/mol. The maximum absolute atomic E-state index is 12.7. The zero-order valence-electron chi connectivity index (χ0n) is 9.01. The molecular weight excluding hydrogens is 215 g/mol. The zero-order valence-corrected chi connectivity index (χ0v) is 9.01. The van der Waals surface area contributed by atoms with E-state index in [2.05, 4.69) is 0 Å². The van der Waals surface area contributed by atoms with Crippen molar-refractivity contribution in [1.29, 1.82) is 0 Å². The Morgan fingerprint density at radius 2 is 1.94 bits per heavy atom. The highest BCUT2D eigenvalue weighted by molar-refractivity contribution is 5.35. The summed E-state index contributed by atoms with van der Waals surface area (Å²) in [6.07, 6.45) is -2.24. The molecule has 0 heterocycles. The third kappa shape index (κ3) is 2.21. The fourth-order valence-corrected chi connectivity index (χ4v) is 1.88. The lowest BCUT2D eigenvalue weighted by molar-refractivity contribution is -0.138. The second kappa shape index (κ2) is 3.77. The standard InChI is InChI=1S/C12H14F3N/c1-7-2-3-9(11(16)8-4-5-8)6-10(7)12(13,14)15/h2-3,6,8,11H,4-5,16H2,1H3/t11-/m1/s1. The summed E-state index contributed by atoms with van der Waals surface area (Å²) in [6.45, 7) is 1.47. The van der Waals surface area contributed by atoms with Crippen molar-refractivity contribution in [3.8, 4) is 0 Å². The summed E-state index contributed by atoms with van der Waals surface area (Å²) >= 11 is 0. The number of hydrogen-bond donors (Lipinski definition) is 1. The molecule has 0 spiro atoms. The molecule has 0 bridgehead atoms. The van der Waals surface area contributed by atoms with Gasteiger partial charge in [0.05, 0.1) is 5.56 Å². The van der Waals surface area contributed by atoms with Gasteiger partial charge in [-0.1, -0.05) is 12.1 Å². The summed E-state index contributed by atoms with van der Waals surface area (Å²) in [4.78, 5) is 0. The minimum atomic E-state index is -4.29. The molecule has 0 unspecified atom stereocenters. The normalized spacial score (nSPS) is 18.6. The van der Waals surface area contributed by atoms with E-state index in [1.165, 1.54) is 19.1 Å². The Labute approximate surface area is 92.5 Å². The van der Waals surface area contributed by atoms with Crippen LogP contribution in [-0.4, -0.2) is 0 Å². The molecule has 88 valence electrons. The highest BCUT2D eigenvalue weighted by atomic mass is 19.4. The van der Waals surface area contributed by atoms with Crippen molar-refractivity contribution in [3.63, 3.8) is 0 Å². The van der Waals surface area contributed by atoms with Crippen molar-refractivity contribution < 1.29 is 13.2 Å². The quantitative estimate of drug-likeness (QED) is 0.826. The first-order valence-corrected chi connectivity index (χ1v) is 5.33. The van der Waals surface area contributed by atoms with Gasteiger partial charge in [0.2, 0.25) is 0 Å². The molecule has 0 aliphatic heterocycles. The minimum Gasteiger partial charge on any atom is -0.324 e. The summed E-state index contributed by atoms with van der Waals surface area (Å²) < 4.78 is 38.0. The summed E-state index contributed by atoms with van der Waals surface area (Å²) in [7, 11) is 0. The Balaban J connectivity index is 2.34. The summed E-state index contributed by atoms with van der Waals surface area (Å²) in [6, 6.07) is 4.15. The number of benzene rings is 1. The van der Waals surface area contributed by atoms with Gasteiger partial charge in [-0.2, -0.15) is 13.2 Å². The average molecular weight is 229 g/mol. The largest absolute Gasteiger partial charge is 0.416 e. The maximum Gasteiger partial charge on any atom is 0.416 e. The van der Waals surface area contributed by atoms with E-state index in [4.69, 9.17) is 5.73 Å². The first-order chi connectivity index (χ1) is 7.39. The van der Waals surface area contributed by atoms with Gasteiger partial charge in [0.1, 0.15) is 0 Å². The Morgan fingerprint density at radius 1 is 1.31 bits per heavy atom. The van der Waals surface area contributed by atoms with Gasteiger partial charge in [0, 0.05) is 6.04 Å². The Morgan fingerprint density at radius 3 is 2.44 bits per heavy atom. The van der Waals surface area contributed by atoms with E-state index in [1.54, 1.807) is 6.07 Å². The summed E-state index contributed by atoms with van der Waals surface area (Å²) in [5.41, 5.74) is 6.17. The van der Waals surface area contributed by atoms with Crippen molar-refractivity contribution in [3.05, 3.63) is 34.9 Å². The highest BCUT2D eigenvalue weighted by Gasteiger charge is 2.34.